The number of fused-ring (bicyclic) bond motifs is 1. The lowest BCUT2D eigenvalue weighted by Crippen LogP contribution is -2.53. The number of hydrogen-bond donors (Lipinski definition) is 1. The molecule has 1 fully saturated rings. The minimum absolute atomic E-state index is 0.0584. The van der Waals surface area contributed by atoms with E-state index in [2.05, 4.69) is 34.0 Å². The van der Waals surface area contributed by atoms with E-state index >= 15 is 0 Å². The molecule has 10 nitrogen and oxygen atoms in total. The minimum Gasteiger partial charge on any atom is -0.492 e. The summed E-state index contributed by atoms with van der Waals surface area (Å²) in [6.07, 6.45) is -2.65. The van der Waals surface area contributed by atoms with E-state index in [4.69, 9.17) is 9.47 Å². The van der Waals surface area contributed by atoms with Gasteiger partial charge in [0.1, 0.15) is 12.4 Å². The highest BCUT2D eigenvalue weighted by molar-refractivity contribution is 5.94. The SMILES string of the molecule is CCN(CC)CCOc1ccc(Nc2ncc3c(n2)N(C)C(=O)N(C2CCCC2)C3OC(=O)C(F)(F)F)cc1. The predicted molar refractivity (Wildman–Crippen MR) is 138 cm³/mol. The second-order valence-electron chi connectivity index (χ2n) is 9.44. The van der Waals surface area contributed by atoms with E-state index in [1.165, 1.54) is 23.0 Å². The largest absolute Gasteiger partial charge is 0.492 e. The number of alkyl halides is 3. The zero-order chi connectivity index (χ0) is 28.2. The number of aromatic nitrogens is 2. The van der Waals surface area contributed by atoms with Crippen molar-refractivity contribution in [1.82, 2.24) is 19.8 Å². The molecule has 2 heterocycles. The number of benzene rings is 1. The number of hydrogen-bond acceptors (Lipinski definition) is 8. The van der Waals surface area contributed by atoms with E-state index in [0.717, 1.165) is 32.5 Å². The van der Waals surface area contributed by atoms with Gasteiger partial charge in [-0.05, 0) is 50.2 Å². The Balaban J connectivity index is 1.52. The lowest BCUT2D eigenvalue weighted by Gasteiger charge is -2.42. The molecular formula is C26H33F3N6O4. The smallest absolute Gasteiger partial charge is 0.491 e. The van der Waals surface area contributed by atoms with Crippen LogP contribution in [0, 0.1) is 0 Å². The van der Waals surface area contributed by atoms with Crippen molar-refractivity contribution < 1.29 is 32.2 Å². The molecule has 1 N–H and O–H groups in total. The van der Waals surface area contributed by atoms with Crippen molar-refractivity contribution >= 4 is 29.5 Å². The van der Waals surface area contributed by atoms with Crippen LogP contribution in [-0.2, 0) is 9.53 Å². The normalized spacial score (nSPS) is 17.9. The second kappa shape index (κ2) is 12.1. The second-order valence-corrected chi connectivity index (χ2v) is 9.44. The van der Waals surface area contributed by atoms with Crippen LogP contribution < -0.4 is 15.0 Å². The number of anilines is 3. The third kappa shape index (κ3) is 6.52. The molecule has 39 heavy (non-hydrogen) atoms. The molecule has 2 aliphatic rings. The molecule has 1 atom stereocenters. The fraction of sp³-hybridized carbons (Fsp3) is 0.538. The maximum absolute atomic E-state index is 13.3. The average Bonchev–Trinajstić information content (AvgIpc) is 3.44. The number of nitrogens with zero attached hydrogens (tertiary/aromatic N) is 5. The van der Waals surface area contributed by atoms with Crippen molar-refractivity contribution in [2.45, 2.75) is 58.0 Å². The van der Waals surface area contributed by atoms with Crippen LogP contribution in [-0.4, -0.2) is 77.3 Å². The van der Waals surface area contributed by atoms with Crippen molar-refractivity contribution in [3.63, 3.8) is 0 Å². The van der Waals surface area contributed by atoms with Crippen LogP contribution >= 0.6 is 0 Å². The molecular weight excluding hydrogens is 517 g/mol. The maximum atomic E-state index is 13.3. The van der Waals surface area contributed by atoms with Gasteiger partial charge in [0, 0.05) is 31.5 Å². The third-order valence-corrected chi connectivity index (χ3v) is 6.99. The van der Waals surface area contributed by atoms with Crippen molar-refractivity contribution in [1.29, 1.82) is 0 Å². The van der Waals surface area contributed by atoms with Gasteiger partial charge in [-0.2, -0.15) is 18.2 Å². The van der Waals surface area contributed by atoms with Gasteiger partial charge in [0.15, 0.2) is 5.82 Å². The number of carbonyl (C=O) groups is 2. The summed E-state index contributed by atoms with van der Waals surface area (Å²) in [5.41, 5.74) is 0.743. The number of nitrogens with one attached hydrogen (secondary N) is 1. The fourth-order valence-electron chi connectivity index (χ4n) is 4.81. The van der Waals surface area contributed by atoms with E-state index in [1.807, 2.05) is 0 Å². The van der Waals surface area contributed by atoms with Gasteiger partial charge in [0.25, 0.3) is 0 Å². The molecule has 13 heteroatoms. The van der Waals surface area contributed by atoms with Gasteiger partial charge in [0.05, 0.1) is 5.56 Å². The zero-order valence-electron chi connectivity index (χ0n) is 22.2. The first-order chi connectivity index (χ1) is 18.6. The molecule has 2 amide bonds. The van der Waals surface area contributed by atoms with Gasteiger partial charge in [0.2, 0.25) is 12.2 Å². The van der Waals surface area contributed by atoms with Gasteiger partial charge < -0.3 is 19.7 Å². The highest BCUT2D eigenvalue weighted by atomic mass is 19.4. The van der Waals surface area contributed by atoms with Crippen LogP contribution in [0.4, 0.5) is 35.4 Å². The molecule has 1 unspecified atom stereocenters. The van der Waals surface area contributed by atoms with Gasteiger partial charge in [-0.1, -0.05) is 26.7 Å². The third-order valence-electron chi connectivity index (χ3n) is 6.99. The maximum Gasteiger partial charge on any atom is 0.491 e. The Kier molecular flexibility index (Phi) is 8.78. The van der Waals surface area contributed by atoms with Gasteiger partial charge in [-0.25, -0.2) is 14.6 Å². The van der Waals surface area contributed by atoms with Crippen LogP contribution in [0.15, 0.2) is 30.5 Å². The van der Waals surface area contributed by atoms with Crippen LogP contribution in [0.1, 0.15) is 51.3 Å². The Hall–Kier alpha value is -3.61. The molecule has 1 aliphatic carbocycles. The highest BCUT2D eigenvalue weighted by Gasteiger charge is 2.49. The summed E-state index contributed by atoms with van der Waals surface area (Å²) in [5, 5.41) is 3.03. The molecule has 0 spiro atoms. The standard InChI is InChI=1S/C26H33F3N6O4/c1-4-34(5-2)14-15-38-19-12-10-17(11-13-19)31-24-30-16-20-21(32-24)33(3)25(37)35(18-8-6-7-9-18)22(20)39-23(36)26(27,28)29/h10-13,16,18,22H,4-9,14-15H2,1-3H3,(H,30,31,32). The first kappa shape index (κ1) is 28.4. The van der Waals surface area contributed by atoms with Gasteiger partial charge in [-0.3, -0.25) is 9.80 Å². The Morgan fingerprint density at radius 3 is 2.44 bits per heavy atom. The number of amides is 2. The van der Waals surface area contributed by atoms with Gasteiger partial charge >= 0.3 is 18.2 Å². The molecule has 0 saturated heterocycles. The van der Waals surface area contributed by atoms with E-state index in [0.29, 0.717) is 30.9 Å². The lowest BCUT2D eigenvalue weighted by molar-refractivity contribution is -0.213. The molecule has 0 bridgehead atoms. The molecule has 0 radical (unpaired) electrons. The molecule has 1 aromatic heterocycles. The monoisotopic (exact) mass is 550 g/mol. The number of rotatable bonds is 10. The number of carbonyl (C=O) groups excluding carboxylic acids is 2. The topological polar surface area (TPSA) is 100 Å². The quantitative estimate of drug-likeness (QED) is 0.419. The average molecular weight is 551 g/mol. The highest BCUT2D eigenvalue weighted by Crippen LogP contribution is 2.41. The summed E-state index contributed by atoms with van der Waals surface area (Å²) in [7, 11) is 1.48. The minimum atomic E-state index is -5.21. The predicted octanol–water partition coefficient (Wildman–Crippen LogP) is 4.86. The molecule has 1 aromatic carbocycles. The lowest BCUT2D eigenvalue weighted by atomic mass is 10.1. The molecule has 1 aliphatic heterocycles. The summed E-state index contributed by atoms with van der Waals surface area (Å²) >= 11 is 0. The van der Waals surface area contributed by atoms with E-state index in [9.17, 15) is 22.8 Å². The van der Waals surface area contributed by atoms with Crippen LogP contribution in [0.3, 0.4) is 0 Å². The van der Waals surface area contributed by atoms with Crippen LogP contribution in [0.5, 0.6) is 5.75 Å². The first-order valence-corrected chi connectivity index (χ1v) is 13.0. The number of ether oxygens (including phenoxy) is 2. The Morgan fingerprint density at radius 2 is 1.82 bits per heavy atom. The Labute approximate surface area is 225 Å². The van der Waals surface area contributed by atoms with Crippen molar-refractivity contribution in [3.8, 4) is 5.75 Å². The first-order valence-electron chi connectivity index (χ1n) is 13.0. The molecule has 212 valence electrons. The number of urea groups is 1. The van der Waals surface area contributed by atoms with Crippen molar-refractivity contribution in [3.05, 3.63) is 36.0 Å². The molecule has 2 aromatic rings. The molecule has 1 saturated carbocycles. The number of likely N-dealkylation sites (N-methyl/N-ethyl adjacent to an activating group) is 1. The zero-order valence-corrected chi connectivity index (χ0v) is 22.2. The summed E-state index contributed by atoms with van der Waals surface area (Å²) in [6, 6.07) is 6.20. The molecule has 4 rings (SSSR count). The van der Waals surface area contributed by atoms with Gasteiger partial charge in [-0.15, -0.1) is 0 Å². The summed E-state index contributed by atoms with van der Waals surface area (Å²) in [4.78, 5) is 38.4. The fourth-order valence-corrected chi connectivity index (χ4v) is 4.81. The van der Waals surface area contributed by atoms with Crippen LogP contribution in [0.2, 0.25) is 0 Å². The Morgan fingerprint density at radius 1 is 1.15 bits per heavy atom. The number of halogens is 3. The van der Waals surface area contributed by atoms with E-state index in [-0.39, 0.29) is 23.4 Å². The van der Waals surface area contributed by atoms with E-state index in [1.54, 1.807) is 24.3 Å². The Bertz CT molecular complexity index is 1150. The number of esters is 1. The van der Waals surface area contributed by atoms with Crippen molar-refractivity contribution in [2.24, 2.45) is 0 Å². The summed E-state index contributed by atoms with van der Waals surface area (Å²) in [5.74, 6) is -1.49. The van der Waals surface area contributed by atoms with Crippen molar-refractivity contribution in [2.75, 3.05) is 43.5 Å². The summed E-state index contributed by atoms with van der Waals surface area (Å²) < 4.78 is 49.9. The van der Waals surface area contributed by atoms with Crippen LogP contribution in [0.25, 0.3) is 0 Å². The summed E-state index contributed by atoms with van der Waals surface area (Å²) in [6.45, 7) is 7.48. The van der Waals surface area contributed by atoms with E-state index < -0.39 is 24.4 Å².